The molecular weight excluding hydrogens is 218 g/mol. The summed E-state index contributed by atoms with van der Waals surface area (Å²) in [5, 5.41) is 3.22. The Kier molecular flexibility index (Phi) is 6.47. The third-order valence-corrected chi connectivity index (χ3v) is 2.84. The molecule has 1 N–H and O–H groups in total. The molecule has 1 fully saturated rings. The van der Waals surface area contributed by atoms with Crippen molar-refractivity contribution in [2.24, 2.45) is 0 Å². The van der Waals surface area contributed by atoms with Gasteiger partial charge in [-0.3, -0.25) is 4.79 Å². The SMILES string of the molecule is CCCN(CCN(C)C)C(=O)C1COCCN1. The summed E-state index contributed by atoms with van der Waals surface area (Å²) in [6.07, 6.45) is 0.993. The average Bonchev–Trinajstić information content (AvgIpc) is 2.34. The van der Waals surface area contributed by atoms with E-state index in [0.29, 0.717) is 13.2 Å². The number of nitrogens with one attached hydrogen (secondary N) is 1. The molecule has 0 spiro atoms. The molecule has 100 valence electrons. The van der Waals surface area contributed by atoms with E-state index in [2.05, 4.69) is 17.1 Å². The number of amides is 1. The zero-order chi connectivity index (χ0) is 12.7. The zero-order valence-electron chi connectivity index (χ0n) is 11.2. The fourth-order valence-corrected chi connectivity index (χ4v) is 1.87. The molecular formula is C12H25N3O2. The molecule has 0 aromatic rings. The van der Waals surface area contributed by atoms with E-state index in [4.69, 9.17) is 4.74 Å². The van der Waals surface area contributed by atoms with Crippen LogP contribution in [0.25, 0.3) is 0 Å². The van der Waals surface area contributed by atoms with E-state index in [9.17, 15) is 4.79 Å². The Labute approximate surface area is 104 Å². The molecule has 5 nitrogen and oxygen atoms in total. The number of nitrogens with zero attached hydrogens (tertiary/aromatic N) is 2. The smallest absolute Gasteiger partial charge is 0.242 e. The van der Waals surface area contributed by atoms with Gasteiger partial charge in [-0.15, -0.1) is 0 Å². The first-order valence-electron chi connectivity index (χ1n) is 6.39. The zero-order valence-corrected chi connectivity index (χ0v) is 11.2. The van der Waals surface area contributed by atoms with Crippen molar-refractivity contribution in [1.29, 1.82) is 0 Å². The van der Waals surface area contributed by atoms with Crippen molar-refractivity contribution in [2.75, 3.05) is 53.5 Å². The van der Waals surface area contributed by atoms with Crippen LogP contribution in [0, 0.1) is 0 Å². The molecule has 0 bridgehead atoms. The van der Waals surface area contributed by atoms with Gasteiger partial charge in [-0.1, -0.05) is 6.92 Å². The standard InChI is InChI=1S/C12H25N3O2/c1-4-6-15(8-7-14(2)3)12(16)11-10-17-9-5-13-11/h11,13H,4-10H2,1-3H3. The van der Waals surface area contributed by atoms with Gasteiger partial charge in [0.25, 0.3) is 0 Å². The lowest BCUT2D eigenvalue weighted by Crippen LogP contribution is -2.53. The lowest BCUT2D eigenvalue weighted by atomic mass is 10.2. The van der Waals surface area contributed by atoms with Crippen molar-refractivity contribution in [1.82, 2.24) is 15.1 Å². The largest absolute Gasteiger partial charge is 0.378 e. The number of morpholine rings is 1. The molecule has 1 heterocycles. The summed E-state index contributed by atoms with van der Waals surface area (Å²) in [5.74, 6) is 0.174. The lowest BCUT2D eigenvalue weighted by Gasteiger charge is -2.30. The summed E-state index contributed by atoms with van der Waals surface area (Å²) in [5.41, 5.74) is 0. The van der Waals surface area contributed by atoms with Crippen LogP contribution in [-0.2, 0) is 9.53 Å². The third kappa shape index (κ3) is 5.02. The Hall–Kier alpha value is -0.650. The van der Waals surface area contributed by atoms with E-state index in [1.165, 1.54) is 0 Å². The second-order valence-corrected chi connectivity index (χ2v) is 4.71. The van der Waals surface area contributed by atoms with Crippen LogP contribution < -0.4 is 5.32 Å². The van der Waals surface area contributed by atoms with Crippen molar-refractivity contribution < 1.29 is 9.53 Å². The fraction of sp³-hybridized carbons (Fsp3) is 0.917. The van der Waals surface area contributed by atoms with E-state index in [1.54, 1.807) is 0 Å². The van der Waals surface area contributed by atoms with E-state index in [-0.39, 0.29) is 11.9 Å². The van der Waals surface area contributed by atoms with Crippen LogP contribution >= 0.6 is 0 Å². The number of hydrogen-bond acceptors (Lipinski definition) is 4. The van der Waals surface area contributed by atoms with Gasteiger partial charge >= 0.3 is 0 Å². The highest BCUT2D eigenvalue weighted by Gasteiger charge is 2.25. The van der Waals surface area contributed by atoms with Crippen molar-refractivity contribution in [3.8, 4) is 0 Å². The summed E-state index contributed by atoms with van der Waals surface area (Å²) in [4.78, 5) is 16.3. The molecule has 1 aliphatic heterocycles. The molecule has 1 atom stereocenters. The quantitative estimate of drug-likeness (QED) is 0.700. The highest BCUT2D eigenvalue weighted by molar-refractivity contribution is 5.82. The molecule has 1 rings (SSSR count). The van der Waals surface area contributed by atoms with Crippen molar-refractivity contribution in [3.05, 3.63) is 0 Å². The maximum atomic E-state index is 12.3. The minimum atomic E-state index is -0.155. The van der Waals surface area contributed by atoms with Gasteiger partial charge in [0, 0.05) is 26.2 Å². The first kappa shape index (κ1) is 14.4. The highest BCUT2D eigenvalue weighted by atomic mass is 16.5. The molecule has 17 heavy (non-hydrogen) atoms. The van der Waals surface area contributed by atoms with Crippen LogP contribution in [0.1, 0.15) is 13.3 Å². The summed E-state index contributed by atoms with van der Waals surface area (Å²) >= 11 is 0. The second-order valence-electron chi connectivity index (χ2n) is 4.71. The Bertz CT molecular complexity index is 228. The Morgan fingerprint density at radius 1 is 1.35 bits per heavy atom. The number of carbonyl (C=O) groups excluding carboxylic acids is 1. The predicted molar refractivity (Wildman–Crippen MR) is 68.0 cm³/mol. The second kappa shape index (κ2) is 7.63. The minimum absolute atomic E-state index is 0.155. The molecule has 0 aliphatic carbocycles. The van der Waals surface area contributed by atoms with Crippen molar-refractivity contribution in [3.63, 3.8) is 0 Å². The van der Waals surface area contributed by atoms with E-state index in [0.717, 1.165) is 32.6 Å². The topological polar surface area (TPSA) is 44.8 Å². The molecule has 1 unspecified atom stereocenters. The number of rotatable bonds is 6. The maximum Gasteiger partial charge on any atom is 0.242 e. The van der Waals surface area contributed by atoms with Gasteiger partial charge in [0.15, 0.2) is 0 Å². The maximum absolute atomic E-state index is 12.3. The molecule has 5 heteroatoms. The van der Waals surface area contributed by atoms with Crippen LogP contribution in [-0.4, -0.2) is 75.2 Å². The summed E-state index contributed by atoms with van der Waals surface area (Å²) in [6, 6.07) is -0.155. The summed E-state index contributed by atoms with van der Waals surface area (Å²) < 4.78 is 5.34. The number of carbonyl (C=O) groups is 1. The van der Waals surface area contributed by atoms with Crippen LogP contribution in [0.4, 0.5) is 0 Å². The van der Waals surface area contributed by atoms with E-state index >= 15 is 0 Å². The van der Waals surface area contributed by atoms with Gasteiger partial charge in [0.05, 0.1) is 13.2 Å². The van der Waals surface area contributed by atoms with E-state index in [1.807, 2.05) is 19.0 Å². The molecule has 0 radical (unpaired) electrons. The van der Waals surface area contributed by atoms with Crippen molar-refractivity contribution >= 4 is 5.91 Å². The van der Waals surface area contributed by atoms with E-state index < -0.39 is 0 Å². The highest BCUT2D eigenvalue weighted by Crippen LogP contribution is 2.01. The predicted octanol–water partition coefficient (Wildman–Crippen LogP) is -0.225. The molecule has 0 aromatic heterocycles. The van der Waals surface area contributed by atoms with Crippen molar-refractivity contribution in [2.45, 2.75) is 19.4 Å². The number of ether oxygens (including phenoxy) is 1. The number of hydrogen-bond donors (Lipinski definition) is 1. The molecule has 1 amide bonds. The molecule has 1 saturated heterocycles. The molecule has 0 aromatic carbocycles. The van der Waals surface area contributed by atoms with Gasteiger partial charge in [-0.05, 0) is 20.5 Å². The monoisotopic (exact) mass is 243 g/mol. The Balaban J connectivity index is 2.46. The van der Waals surface area contributed by atoms with Crippen LogP contribution in [0.5, 0.6) is 0 Å². The normalized spacial score (nSPS) is 20.6. The average molecular weight is 243 g/mol. The Morgan fingerprint density at radius 3 is 2.65 bits per heavy atom. The number of likely N-dealkylation sites (N-methyl/N-ethyl adjacent to an activating group) is 1. The third-order valence-electron chi connectivity index (χ3n) is 2.84. The summed E-state index contributed by atoms with van der Waals surface area (Å²) in [7, 11) is 4.05. The lowest BCUT2D eigenvalue weighted by molar-refractivity contribution is -0.136. The first-order valence-corrected chi connectivity index (χ1v) is 6.39. The van der Waals surface area contributed by atoms with Gasteiger partial charge in [0.1, 0.15) is 6.04 Å². The first-order chi connectivity index (χ1) is 8.15. The summed E-state index contributed by atoms with van der Waals surface area (Å²) in [6.45, 7) is 6.59. The molecule has 0 saturated carbocycles. The van der Waals surface area contributed by atoms with Gasteiger partial charge in [-0.2, -0.15) is 0 Å². The van der Waals surface area contributed by atoms with Crippen LogP contribution in [0.15, 0.2) is 0 Å². The Morgan fingerprint density at radius 2 is 2.12 bits per heavy atom. The van der Waals surface area contributed by atoms with Crippen LogP contribution in [0.2, 0.25) is 0 Å². The van der Waals surface area contributed by atoms with Gasteiger partial charge < -0.3 is 19.9 Å². The fourth-order valence-electron chi connectivity index (χ4n) is 1.87. The van der Waals surface area contributed by atoms with Gasteiger partial charge in [-0.25, -0.2) is 0 Å². The molecule has 1 aliphatic rings. The minimum Gasteiger partial charge on any atom is -0.378 e. The van der Waals surface area contributed by atoms with Crippen LogP contribution in [0.3, 0.4) is 0 Å². The van der Waals surface area contributed by atoms with Gasteiger partial charge in [0.2, 0.25) is 5.91 Å².